The number of amides is 1. The van der Waals surface area contributed by atoms with E-state index in [1.165, 1.54) is 6.92 Å². The quantitative estimate of drug-likeness (QED) is 0.823. The van der Waals surface area contributed by atoms with Crippen LogP contribution in [0.5, 0.6) is 5.75 Å². The van der Waals surface area contributed by atoms with Crippen LogP contribution in [0.15, 0.2) is 29.6 Å². The highest BCUT2D eigenvalue weighted by molar-refractivity contribution is 7.09. The van der Waals surface area contributed by atoms with Gasteiger partial charge in [0.1, 0.15) is 12.4 Å². The molecule has 0 saturated heterocycles. The van der Waals surface area contributed by atoms with Crippen LogP contribution in [0.2, 0.25) is 0 Å². The van der Waals surface area contributed by atoms with Crippen molar-refractivity contribution >= 4 is 23.2 Å². The van der Waals surface area contributed by atoms with Crippen molar-refractivity contribution in [3.63, 3.8) is 0 Å². The lowest BCUT2D eigenvalue weighted by molar-refractivity contribution is -0.125. The van der Waals surface area contributed by atoms with E-state index in [1.54, 1.807) is 35.6 Å². The molecule has 0 aliphatic rings. The lowest BCUT2D eigenvalue weighted by Crippen LogP contribution is -2.30. The first-order valence-electron chi connectivity index (χ1n) is 6.60. The number of benzene rings is 1. The first kappa shape index (κ1) is 16.0. The van der Waals surface area contributed by atoms with Crippen molar-refractivity contribution in [3.05, 3.63) is 45.9 Å². The Hall–Kier alpha value is -2.41. The molecular formula is C15H16N2O4S. The van der Waals surface area contributed by atoms with Crippen molar-refractivity contribution in [2.45, 2.75) is 26.6 Å². The molecule has 0 bridgehead atoms. The number of primary amides is 1. The number of aryl methyl sites for hydroxylation is 1. The maximum absolute atomic E-state index is 11.8. The molecule has 0 aliphatic heterocycles. The van der Waals surface area contributed by atoms with Gasteiger partial charge in [-0.05, 0) is 38.1 Å². The van der Waals surface area contributed by atoms with Gasteiger partial charge in [-0.2, -0.15) is 0 Å². The molecule has 1 aromatic carbocycles. The number of ether oxygens (including phenoxy) is 2. The highest BCUT2D eigenvalue weighted by Gasteiger charge is 2.16. The Morgan fingerprint density at radius 3 is 2.55 bits per heavy atom. The minimum atomic E-state index is -0.962. The molecule has 1 amide bonds. The molecule has 1 aromatic heterocycles. The van der Waals surface area contributed by atoms with Gasteiger partial charge in [0.25, 0.3) is 5.91 Å². The lowest BCUT2D eigenvalue weighted by atomic mass is 10.2. The van der Waals surface area contributed by atoms with Crippen LogP contribution < -0.4 is 10.5 Å². The largest absolute Gasteiger partial charge is 0.487 e. The number of nitrogens with zero attached hydrogens (tertiary/aromatic N) is 1. The fraction of sp³-hybridized carbons (Fsp3) is 0.267. The summed E-state index contributed by atoms with van der Waals surface area (Å²) in [6.45, 7) is 3.72. The van der Waals surface area contributed by atoms with Gasteiger partial charge >= 0.3 is 5.97 Å². The molecule has 22 heavy (non-hydrogen) atoms. The van der Waals surface area contributed by atoms with Gasteiger partial charge in [0.05, 0.1) is 16.3 Å². The van der Waals surface area contributed by atoms with E-state index in [2.05, 4.69) is 4.98 Å². The lowest BCUT2D eigenvalue weighted by Gasteiger charge is -2.10. The van der Waals surface area contributed by atoms with E-state index in [0.717, 1.165) is 10.7 Å². The fourth-order valence-corrected chi connectivity index (χ4v) is 2.20. The number of thiazole rings is 1. The zero-order valence-corrected chi connectivity index (χ0v) is 13.1. The summed E-state index contributed by atoms with van der Waals surface area (Å²) in [6.07, 6.45) is -0.962. The second-order valence-electron chi connectivity index (χ2n) is 4.62. The molecule has 0 radical (unpaired) electrons. The molecule has 2 N–H and O–H groups in total. The van der Waals surface area contributed by atoms with E-state index < -0.39 is 18.0 Å². The Kier molecular flexibility index (Phi) is 5.11. The highest BCUT2D eigenvalue weighted by atomic mass is 32.1. The van der Waals surface area contributed by atoms with Crippen molar-refractivity contribution in [1.29, 1.82) is 0 Å². The number of rotatable bonds is 6. The molecule has 2 aromatic rings. The Morgan fingerprint density at radius 1 is 1.32 bits per heavy atom. The number of nitrogens with two attached hydrogens (primary N) is 1. The van der Waals surface area contributed by atoms with Crippen LogP contribution >= 0.6 is 11.3 Å². The maximum atomic E-state index is 11.8. The van der Waals surface area contributed by atoms with E-state index >= 15 is 0 Å². The average molecular weight is 320 g/mol. The van der Waals surface area contributed by atoms with Crippen molar-refractivity contribution in [1.82, 2.24) is 4.98 Å². The summed E-state index contributed by atoms with van der Waals surface area (Å²) < 4.78 is 10.5. The minimum absolute atomic E-state index is 0.324. The summed E-state index contributed by atoms with van der Waals surface area (Å²) in [6, 6.07) is 6.45. The first-order valence-corrected chi connectivity index (χ1v) is 7.48. The maximum Gasteiger partial charge on any atom is 0.338 e. The van der Waals surface area contributed by atoms with Gasteiger partial charge in [0.2, 0.25) is 0 Å². The van der Waals surface area contributed by atoms with Crippen molar-refractivity contribution in [2.75, 3.05) is 0 Å². The molecule has 2 rings (SSSR count). The summed E-state index contributed by atoms with van der Waals surface area (Å²) in [5.41, 5.74) is 6.23. The molecule has 7 heteroatoms. The molecule has 0 fully saturated rings. The Morgan fingerprint density at radius 2 is 2.00 bits per heavy atom. The van der Waals surface area contributed by atoms with E-state index in [-0.39, 0.29) is 0 Å². The summed E-state index contributed by atoms with van der Waals surface area (Å²) in [4.78, 5) is 26.9. The molecule has 1 atom stereocenters. The molecule has 0 aliphatic carbocycles. The number of esters is 1. The van der Waals surface area contributed by atoms with Crippen LogP contribution in [0, 0.1) is 6.92 Å². The van der Waals surface area contributed by atoms with Gasteiger partial charge in [-0.25, -0.2) is 9.78 Å². The van der Waals surface area contributed by atoms with Crippen molar-refractivity contribution < 1.29 is 19.1 Å². The zero-order chi connectivity index (χ0) is 16.1. The van der Waals surface area contributed by atoms with Gasteiger partial charge in [-0.1, -0.05) is 0 Å². The normalized spacial score (nSPS) is 11.7. The summed E-state index contributed by atoms with van der Waals surface area (Å²) in [7, 11) is 0. The summed E-state index contributed by atoms with van der Waals surface area (Å²) in [5.74, 6) is -0.676. The monoisotopic (exact) mass is 320 g/mol. The van der Waals surface area contributed by atoms with Crippen LogP contribution in [0.4, 0.5) is 0 Å². The third-order valence-electron chi connectivity index (χ3n) is 2.83. The Bertz CT molecular complexity index is 666. The van der Waals surface area contributed by atoms with Gasteiger partial charge in [-0.3, -0.25) is 4.79 Å². The number of carbonyl (C=O) groups excluding carboxylic acids is 2. The smallest absolute Gasteiger partial charge is 0.338 e. The third-order valence-corrected chi connectivity index (χ3v) is 3.65. The van der Waals surface area contributed by atoms with Gasteiger partial charge in [0, 0.05) is 5.38 Å². The molecule has 0 unspecified atom stereocenters. The van der Waals surface area contributed by atoms with Gasteiger partial charge in [-0.15, -0.1) is 11.3 Å². The Balaban J connectivity index is 1.92. The van der Waals surface area contributed by atoms with Crippen LogP contribution in [0.25, 0.3) is 0 Å². The number of carbonyl (C=O) groups is 2. The van der Waals surface area contributed by atoms with E-state index in [1.807, 2.05) is 12.3 Å². The summed E-state index contributed by atoms with van der Waals surface area (Å²) in [5, 5.41) is 2.92. The van der Waals surface area contributed by atoms with E-state index in [4.69, 9.17) is 15.2 Å². The second-order valence-corrected chi connectivity index (χ2v) is 5.68. The van der Waals surface area contributed by atoms with Crippen LogP contribution in [0.1, 0.15) is 28.0 Å². The highest BCUT2D eigenvalue weighted by Crippen LogP contribution is 2.16. The van der Waals surface area contributed by atoms with Crippen LogP contribution in [0.3, 0.4) is 0 Å². The molecule has 0 spiro atoms. The molecule has 0 saturated carbocycles. The predicted molar refractivity (Wildman–Crippen MR) is 81.7 cm³/mol. The second kappa shape index (κ2) is 7.04. The topological polar surface area (TPSA) is 91.5 Å². The van der Waals surface area contributed by atoms with E-state index in [0.29, 0.717) is 17.9 Å². The van der Waals surface area contributed by atoms with E-state index in [9.17, 15) is 9.59 Å². The standard InChI is InChI=1S/C15H16N2O4S/c1-9(14(16)18)21-15(19)11-3-5-13(6-4-11)20-7-12-8-22-10(2)17-12/h3-6,8-9H,7H2,1-2H3,(H2,16,18)/t9-/m0/s1. The molecular weight excluding hydrogens is 304 g/mol. The molecule has 1 heterocycles. The minimum Gasteiger partial charge on any atom is -0.487 e. The number of aromatic nitrogens is 1. The molecule has 116 valence electrons. The fourth-order valence-electron chi connectivity index (χ4n) is 1.61. The van der Waals surface area contributed by atoms with Gasteiger partial charge in [0.15, 0.2) is 6.10 Å². The first-order chi connectivity index (χ1) is 10.5. The number of hydrogen-bond acceptors (Lipinski definition) is 6. The third kappa shape index (κ3) is 4.29. The van der Waals surface area contributed by atoms with Crippen molar-refractivity contribution in [3.8, 4) is 5.75 Å². The average Bonchev–Trinajstić information content (AvgIpc) is 2.91. The zero-order valence-electron chi connectivity index (χ0n) is 12.2. The molecule has 6 nitrogen and oxygen atoms in total. The van der Waals surface area contributed by atoms with Gasteiger partial charge < -0.3 is 15.2 Å². The Labute approximate surface area is 131 Å². The number of hydrogen-bond donors (Lipinski definition) is 1. The van der Waals surface area contributed by atoms with Crippen LogP contribution in [-0.4, -0.2) is 23.0 Å². The summed E-state index contributed by atoms with van der Waals surface area (Å²) >= 11 is 1.56. The predicted octanol–water partition coefficient (Wildman–Crippen LogP) is 2.06. The SMILES string of the molecule is Cc1nc(COc2ccc(C(=O)O[C@@H](C)C(N)=O)cc2)cs1. The van der Waals surface area contributed by atoms with Crippen LogP contribution in [-0.2, 0) is 16.1 Å². The van der Waals surface area contributed by atoms with Crippen molar-refractivity contribution in [2.24, 2.45) is 5.73 Å².